The average molecular weight is 395 g/mol. The highest BCUT2D eigenvalue weighted by atomic mass is 16.5. The highest BCUT2D eigenvalue weighted by Crippen LogP contribution is 2.37. The highest BCUT2D eigenvalue weighted by molar-refractivity contribution is 6.06. The number of anilines is 1. The third-order valence-electron chi connectivity index (χ3n) is 5.02. The van der Waals surface area contributed by atoms with E-state index in [0.717, 1.165) is 5.56 Å². The van der Waals surface area contributed by atoms with Crippen molar-refractivity contribution in [3.8, 4) is 11.5 Å². The second kappa shape index (κ2) is 8.26. The first-order valence-electron chi connectivity index (χ1n) is 9.20. The molecule has 3 rings (SSSR count). The maximum absolute atomic E-state index is 13.3. The number of hydrogen-bond donors (Lipinski definition) is 2. The molecule has 1 atom stereocenters. The van der Waals surface area contributed by atoms with Crippen LogP contribution in [0.3, 0.4) is 0 Å². The third kappa shape index (κ3) is 4.03. The first kappa shape index (κ1) is 20.3. The van der Waals surface area contributed by atoms with Crippen LogP contribution in [0.25, 0.3) is 0 Å². The number of nitrogens with zero attached hydrogens (tertiary/aromatic N) is 1. The molecule has 0 saturated carbocycles. The highest BCUT2D eigenvalue weighted by Gasteiger charge is 2.35. The summed E-state index contributed by atoms with van der Waals surface area (Å²) in [5.74, 6) is 0.856. The molecule has 7 heteroatoms. The molecule has 1 aliphatic rings. The molecule has 0 aromatic heterocycles. The van der Waals surface area contributed by atoms with Crippen LogP contribution >= 0.6 is 0 Å². The lowest BCUT2D eigenvalue weighted by Gasteiger charge is -2.34. The summed E-state index contributed by atoms with van der Waals surface area (Å²) in [6.07, 6.45) is 0. The number of methoxy groups -OCH3 is 2. The molecule has 0 spiro atoms. The molecule has 29 heavy (non-hydrogen) atoms. The Morgan fingerprint density at radius 2 is 1.86 bits per heavy atom. The number of benzene rings is 2. The lowest BCUT2D eigenvalue weighted by molar-refractivity contribution is -0.113. The smallest absolute Gasteiger partial charge is 0.322 e. The van der Waals surface area contributed by atoms with E-state index >= 15 is 0 Å². The fraction of sp³-hybridized carbons (Fsp3) is 0.273. The molecular formula is C22H25N3O4. The summed E-state index contributed by atoms with van der Waals surface area (Å²) < 4.78 is 10.8. The zero-order chi connectivity index (χ0) is 21.1. The summed E-state index contributed by atoms with van der Waals surface area (Å²) >= 11 is 0. The molecule has 3 amide bonds. The molecule has 1 heterocycles. The van der Waals surface area contributed by atoms with E-state index in [1.165, 1.54) is 4.90 Å². The molecule has 0 fully saturated rings. The average Bonchev–Trinajstić information content (AvgIpc) is 2.71. The Hall–Kier alpha value is -3.48. The van der Waals surface area contributed by atoms with Gasteiger partial charge in [-0.25, -0.2) is 4.79 Å². The van der Waals surface area contributed by atoms with Crippen molar-refractivity contribution in [2.45, 2.75) is 19.9 Å². The van der Waals surface area contributed by atoms with E-state index in [0.29, 0.717) is 34.0 Å². The topological polar surface area (TPSA) is 79.9 Å². The Labute approximate surface area is 170 Å². The van der Waals surface area contributed by atoms with Crippen molar-refractivity contribution in [1.82, 2.24) is 10.2 Å². The van der Waals surface area contributed by atoms with E-state index in [9.17, 15) is 9.59 Å². The van der Waals surface area contributed by atoms with Crippen LogP contribution in [0.4, 0.5) is 10.5 Å². The predicted molar refractivity (Wildman–Crippen MR) is 111 cm³/mol. The fourth-order valence-electron chi connectivity index (χ4n) is 3.35. The molecule has 0 saturated heterocycles. The number of rotatable bonds is 5. The molecular weight excluding hydrogens is 370 g/mol. The summed E-state index contributed by atoms with van der Waals surface area (Å²) in [6, 6.07) is 11.8. The van der Waals surface area contributed by atoms with Gasteiger partial charge in [-0.15, -0.1) is 0 Å². The Bertz CT molecular complexity index is 984. The number of urea groups is 1. The summed E-state index contributed by atoms with van der Waals surface area (Å²) in [5.41, 5.74) is 3.36. The summed E-state index contributed by atoms with van der Waals surface area (Å²) in [4.78, 5) is 27.2. The number of ether oxygens (including phenoxy) is 2. The molecule has 0 aliphatic carbocycles. The van der Waals surface area contributed by atoms with Crippen LogP contribution < -0.4 is 20.1 Å². The Kier molecular flexibility index (Phi) is 5.77. The lowest BCUT2D eigenvalue weighted by atomic mass is 9.93. The minimum absolute atomic E-state index is 0.296. The maximum Gasteiger partial charge on any atom is 0.322 e. The number of hydrogen-bond acceptors (Lipinski definition) is 4. The normalized spacial score (nSPS) is 16.4. The van der Waals surface area contributed by atoms with Gasteiger partial charge < -0.3 is 25.0 Å². The van der Waals surface area contributed by atoms with Crippen LogP contribution in [0.1, 0.15) is 24.1 Å². The van der Waals surface area contributed by atoms with Crippen LogP contribution in [0.15, 0.2) is 53.7 Å². The Morgan fingerprint density at radius 1 is 1.10 bits per heavy atom. The first-order valence-corrected chi connectivity index (χ1v) is 9.20. The lowest BCUT2D eigenvalue weighted by Crippen LogP contribution is -2.46. The van der Waals surface area contributed by atoms with Crippen LogP contribution in [-0.2, 0) is 4.79 Å². The van der Waals surface area contributed by atoms with E-state index in [4.69, 9.17) is 9.47 Å². The molecule has 0 bridgehead atoms. The molecule has 1 aliphatic heterocycles. The van der Waals surface area contributed by atoms with Crippen LogP contribution in [0.2, 0.25) is 0 Å². The van der Waals surface area contributed by atoms with Gasteiger partial charge in [-0.2, -0.15) is 0 Å². The molecule has 0 radical (unpaired) electrons. The first-order chi connectivity index (χ1) is 13.8. The van der Waals surface area contributed by atoms with Crippen LogP contribution in [0.5, 0.6) is 11.5 Å². The van der Waals surface area contributed by atoms with Crippen molar-refractivity contribution in [3.63, 3.8) is 0 Å². The van der Waals surface area contributed by atoms with Gasteiger partial charge >= 0.3 is 6.03 Å². The van der Waals surface area contributed by atoms with Gasteiger partial charge in [-0.05, 0) is 49.7 Å². The van der Waals surface area contributed by atoms with E-state index in [1.807, 2.05) is 31.2 Å². The Morgan fingerprint density at radius 3 is 2.52 bits per heavy atom. The Balaban J connectivity index is 2.08. The van der Waals surface area contributed by atoms with E-state index in [-0.39, 0.29) is 11.9 Å². The predicted octanol–water partition coefficient (Wildman–Crippen LogP) is 3.62. The summed E-state index contributed by atoms with van der Waals surface area (Å²) in [6.45, 7) is 3.71. The maximum atomic E-state index is 13.3. The molecule has 2 aromatic carbocycles. The van der Waals surface area contributed by atoms with Crippen molar-refractivity contribution >= 4 is 17.6 Å². The number of allylic oxidation sites excluding steroid dienone is 1. The van der Waals surface area contributed by atoms with Gasteiger partial charge in [-0.3, -0.25) is 4.79 Å². The minimum Gasteiger partial charge on any atom is -0.497 e. The van der Waals surface area contributed by atoms with Gasteiger partial charge in [0.1, 0.15) is 11.5 Å². The van der Waals surface area contributed by atoms with Gasteiger partial charge in [0.25, 0.3) is 5.91 Å². The van der Waals surface area contributed by atoms with Gasteiger partial charge in [-0.1, -0.05) is 12.1 Å². The molecule has 7 nitrogen and oxygen atoms in total. The quantitative estimate of drug-likeness (QED) is 0.810. The largest absolute Gasteiger partial charge is 0.497 e. The second-order valence-electron chi connectivity index (χ2n) is 6.87. The zero-order valence-corrected chi connectivity index (χ0v) is 17.2. The van der Waals surface area contributed by atoms with Gasteiger partial charge in [0.05, 0.1) is 25.8 Å². The standard InChI is InChI=1S/C22H25N3O4/c1-13-7-6-8-15(11-13)23-21(26)19-14(2)25(3)22(27)24-20(19)17-12-16(28-4)9-10-18(17)29-5/h6-12,20H,1-5H3,(H,23,26)(H,24,27). The number of nitrogens with one attached hydrogen (secondary N) is 2. The van der Waals surface area contributed by atoms with Crippen molar-refractivity contribution in [3.05, 3.63) is 64.9 Å². The summed E-state index contributed by atoms with van der Waals surface area (Å²) in [7, 11) is 4.74. The zero-order valence-electron chi connectivity index (χ0n) is 17.2. The van der Waals surface area contributed by atoms with Crippen LogP contribution in [0, 0.1) is 6.92 Å². The van der Waals surface area contributed by atoms with Gasteiger partial charge in [0.15, 0.2) is 0 Å². The number of amides is 3. The molecule has 2 aromatic rings. The SMILES string of the molecule is COc1ccc(OC)c(C2NC(=O)N(C)C(C)=C2C(=O)Nc2cccc(C)c2)c1. The minimum atomic E-state index is -0.687. The second-order valence-corrected chi connectivity index (χ2v) is 6.87. The van der Waals surface area contributed by atoms with E-state index < -0.39 is 6.04 Å². The number of carbonyl (C=O) groups excluding carboxylic acids is 2. The monoisotopic (exact) mass is 395 g/mol. The van der Waals surface area contributed by atoms with Crippen molar-refractivity contribution in [1.29, 1.82) is 0 Å². The number of aryl methyl sites for hydroxylation is 1. The molecule has 1 unspecified atom stereocenters. The summed E-state index contributed by atoms with van der Waals surface area (Å²) in [5, 5.41) is 5.84. The van der Waals surface area contributed by atoms with Gasteiger partial charge in [0.2, 0.25) is 0 Å². The molecule has 2 N–H and O–H groups in total. The van der Waals surface area contributed by atoms with Crippen molar-refractivity contribution in [2.24, 2.45) is 0 Å². The van der Waals surface area contributed by atoms with Gasteiger partial charge in [0, 0.05) is 24.0 Å². The van der Waals surface area contributed by atoms with Crippen LogP contribution in [-0.4, -0.2) is 38.1 Å². The fourth-order valence-corrected chi connectivity index (χ4v) is 3.35. The van der Waals surface area contributed by atoms with Crippen molar-refractivity contribution in [2.75, 3.05) is 26.6 Å². The third-order valence-corrected chi connectivity index (χ3v) is 5.02. The van der Waals surface area contributed by atoms with E-state index in [2.05, 4.69) is 10.6 Å². The number of carbonyl (C=O) groups is 2. The van der Waals surface area contributed by atoms with E-state index in [1.54, 1.807) is 46.4 Å². The molecule has 152 valence electrons. The van der Waals surface area contributed by atoms with Crippen molar-refractivity contribution < 1.29 is 19.1 Å².